The lowest BCUT2D eigenvalue weighted by Gasteiger charge is -2.43. The maximum Gasteiger partial charge on any atom is 0.409 e. The molecule has 1 saturated carbocycles. The van der Waals surface area contributed by atoms with Gasteiger partial charge in [-0.25, -0.2) is 4.79 Å². The van der Waals surface area contributed by atoms with E-state index in [1.165, 1.54) is 10.5 Å². The molecular weight excluding hydrogens is 412 g/mol. The van der Waals surface area contributed by atoms with Crippen molar-refractivity contribution in [2.45, 2.75) is 82.9 Å². The Hall–Kier alpha value is -1.64. The van der Waals surface area contributed by atoms with Crippen molar-refractivity contribution in [3.63, 3.8) is 0 Å². The first-order chi connectivity index (χ1) is 15.1. The zero-order valence-corrected chi connectivity index (χ0v) is 20.7. The molecule has 0 aromatic heterocycles. The molecule has 6 atom stereocenters. The first kappa shape index (κ1) is 25.0. The summed E-state index contributed by atoms with van der Waals surface area (Å²) in [6.07, 6.45) is 4.08. The van der Waals surface area contributed by atoms with Crippen molar-refractivity contribution in [3.8, 4) is 0 Å². The molecule has 0 aromatic rings. The van der Waals surface area contributed by atoms with Crippen LogP contribution >= 0.6 is 0 Å². The normalized spacial score (nSPS) is 35.2. The molecule has 2 saturated heterocycles. The van der Waals surface area contributed by atoms with Gasteiger partial charge in [0.1, 0.15) is 23.4 Å². The largest absolute Gasteiger partial charge is 0.443 e. The van der Waals surface area contributed by atoms with Crippen LogP contribution in [0, 0.1) is 5.92 Å². The van der Waals surface area contributed by atoms with Gasteiger partial charge in [-0.1, -0.05) is 18.6 Å². The van der Waals surface area contributed by atoms with E-state index in [1.54, 1.807) is 26.1 Å². The first-order valence-corrected chi connectivity index (χ1v) is 11.7. The van der Waals surface area contributed by atoms with Crippen LogP contribution in [-0.2, 0) is 23.7 Å². The van der Waals surface area contributed by atoms with Crippen LogP contribution < -0.4 is 0 Å². The summed E-state index contributed by atoms with van der Waals surface area (Å²) in [4.78, 5) is 27.7. The van der Waals surface area contributed by atoms with Crippen LogP contribution in [0.25, 0.3) is 0 Å². The maximum atomic E-state index is 12.8. The van der Waals surface area contributed by atoms with E-state index < -0.39 is 6.09 Å². The monoisotopic (exact) mass is 452 g/mol. The van der Waals surface area contributed by atoms with E-state index in [4.69, 9.17) is 18.9 Å². The average Bonchev–Trinajstić information content (AvgIpc) is 3.67. The number of amides is 2. The number of carbonyl (C=O) groups is 2. The molecule has 2 amide bonds. The first-order valence-electron chi connectivity index (χ1n) is 11.7. The fraction of sp³-hybridized carbons (Fsp3) is 0.833. The van der Waals surface area contributed by atoms with Gasteiger partial charge >= 0.3 is 6.09 Å². The predicted molar refractivity (Wildman–Crippen MR) is 120 cm³/mol. The number of epoxide rings is 2. The Labute approximate surface area is 192 Å². The van der Waals surface area contributed by atoms with Crippen LogP contribution in [0.2, 0.25) is 0 Å². The third-order valence-corrected chi connectivity index (χ3v) is 7.30. The van der Waals surface area contributed by atoms with E-state index in [2.05, 4.69) is 26.8 Å². The molecule has 0 aromatic carbocycles. The predicted octanol–water partition coefficient (Wildman–Crippen LogP) is 3.00. The molecule has 3 aliphatic rings. The molecule has 8 heteroatoms. The summed E-state index contributed by atoms with van der Waals surface area (Å²) in [5.74, 6) is 0.0529. The molecular formula is C24H40N2O6. The molecule has 3 fully saturated rings. The molecule has 3 unspecified atom stereocenters. The number of nitrogens with zero attached hydrogens (tertiary/aromatic N) is 2. The van der Waals surface area contributed by atoms with Crippen LogP contribution in [0.3, 0.4) is 0 Å². The second-order valence-corrected chi connectivity index (χ2v) is 9.89. The lowest BCUT2D eigenvalue weighted by atomic mass is 9.68. The van der Waals surface area contributed by atoms with Gasteiger partial charge in [0.15, 0.2) is 0 Å². The quantitative estimate of drug-likeness (QED) is 0.395. The van der Waals surface area contributed by atoms with Crippen LogP contribution in [0.5, 0.6) is 0 Å². The van der Waals surface area contributed by atoms with Gasteiger partial charge in [-0.05, 0) is 40.0 Å². The number of likely N-dealkylation sites (N-methyl/N-ethyl adjacent to an activating group) is 2. The van der Waals surface area contributed by atoms with Gasteiger partial charge in [-0.15, -0.1) is 0 Å². The second-order valence-electron chi connectivity index (χ2n) is 9.89. The van der Waals surface area contributed by atoms with E-state index in [1.807, 2.05) is 6.92 Å². The fourth-order valence-corrected chi connectivity index (χ4v) is 5.08. The molecule has 2 aliphatic heterocycles. The summed E-state index contributed by atoms with van der Waals surface area (Å²) in [6.45, 7) is 9.71. The molecule has 0 bridgehead atoms. The molecule has 8 nitrogen and oxygen atoms in total. The van der Waals surface area contributed by atoms with E-state index in [0.29, 0.717) is 32.5 Å². The maximum absolute atomic E-state index is 12.8. The molecule has 0 N–H and O–H groups in total. The number of methoxy groups -OCH3 is 1. The van der Waals surface area contributed by atoms with Gasteiger partial charge in [0.2, 0.25) is 5.91 Å². The third kappa shape index (κ3) is 5.13. The van der Waals surface area contributed by atoms with E-state index in [-0.39, 0.29) is 41.3 Å². The number of hydrogen-bond acceptors (Lipinski definition) is 6. The molecule has 1 aliphatic carbocycles. The molecule has 0 radical (unpaired) electrons. The Bertz CT molecular complexity index is 732. The number of carbonyl (C=O) groups excluding carboxylic acids is 2. The highest BCUT2D eigenvalue weighted by atomic mass is 16.6. The Morgan fingerprint density at radius 1 is 1.19 bits per heavy atom. The van der Waals surface area contributed by atoms with E-state index in [0.717, 1.165) is 12.8 Å². The summed E-state index contributed by atoms with van der Waals surface area (Å²) < 4.78 is 24.0. The van der Waals surface area contributed by atoms with Crippen molar-refractivity contribution in [2.75, 3.05) is 40.9 Å². The molecule has 182 valence electrons. The van der Waals surface area contributed by atoms with Crippen LogP contribution in [0.15, 0.2) is 11.6 Å². The number of allylic oxidation sites excluding steroid dienone is 1. The summed E-state index contributed by atoms with van der Waals surface area (Å²) in [5, 5.41) is 0. The zero-order valence-electron chi connectivity index (χ0n) is 20.7. The summed E-state index contributed by atoms with van der Waals surface area (Å²) in [7, 11) is 5.11. The summed E-state index contributed by atoms with van der Waals surface area (Å²) >= 11 is 0. The van der Waals surface area contributed by atoms with Gasteiger partial charge in [0.05, 0.1) is 18.6 Å². The van der Waals surface area contributed by atoms with E-state index >= 15 is 0 Å². The standard InChI is InChI=1S/C24H40N2O6/c1-8-19(27)25(5)13-14-26(6)22(28)31-17-11-12-24(15-30-24)21(20(17)29-7)23(4)18(32-23)10-9-16(2)3/h9,17-18,20-21H,8,10-15H2,1-7H3/t17?,18-,20?,21?,23-,24+/m1/s1. The Kier molecular flexibility index (Phi) is 7.57. The minimum absolute atomic E-state index is 0.000674. The van der Waals surface area contributed by atoms with Crippen molar-refractivity contribution in [3.05, 3.63) is 11.6 Å². The van der Waals surface area contributed by atoms with Crippen molar-refractivity contribution in [2.24, 2.45) is 5.92 Å². The molecule has 2 heterocycles. The lowest BCUT2D eigenvalue weighted by molar-refractivity contribution is -0.130. The van der Waals surface area contributed by atoms with Gasteiger partial charge in [-0.2, -0.15) is 0 Å². The Morgan fingerprint density at radius 2 is 1.84 bits per heavy atom. The summed E-state index contributed by atoms with van der Waals surface area (Å²) in [5.41, 5.74) is 0.671. The fourth-order valence-electron chi connectivity index (χ4n) is 5.08. The minimum Gasteiger partial charge on any atom is -0.443 e. The lowest BCUT2D eigenvalue weighted by Crippen LogP contribution is -2.56. The highest BCUT2D eigenvalue weighted by Gasteiger charge is 2.72. The van der Waals surface area contributed by atoms with Crippen molar-refractivity contribution >= 4 is 12.0 Å². The SMILES string of the molecule is CCC(=O)N(C)CCN(C)C(=O)OC1CC[C@]2(CO2)C([C@]2(C)O[C@@H]2CC=C(C)C)C1OC. The molecule has 3 rings (SSSR count). The van der Waals surface area contributed by atoms with Gasteiger partial charge in [-0.3, -0.25) is 4.79 Å². The summed E-state index contributed by atoms with van der Waals surface area (Å²) in [6, 6.07) is 0. The van der Waals surface area contributed by atoms with Crippen molar-refractivity contribution < 1.29 is 28.5 Å². The highest BCUT2D eigenvalue weighted by Crippen LogP contribution is 2.59. The highest BCUT2D eigenvalue weighted by molar-refractivity contribution is 5.75. The van der Waals surface area contributed by atoms with Crippen LogP contribution in [-0.4, -0.2) is 92.2 Å². The second kappa shape index (κ2) is 9.69. The molecule has 32 heavy (non-hydrogen) atoms. The number of ether oxygens (including phenoxy) is 4. The Morgan fingerprint density at radius 3 is 2.41 bits per heavy atom. The van der Waals surface area contributed by atoms with Crippen molar-refractivity contribution in [1.82, 2.24) is 9.80 Å². The zero-order chi connectivity index (χ0) is 23.7. The van der Waals surface area contributed by atoms with Crippen molar-refractivity contribution in [1.29, 1.82) is 0 Å². The van der Waals surface area contributed by atoms with Crippen LogP contribution in [0.1, 0.15) is 53.4 Å². The van der Waals surface area contributed by atoms with Gasteiger partial charge in [0, 0.05) is 40.7 Å². The Balaban J connectivity index is 1.63. The molecule has 1 spiro atoms. The van der Waals surface area contributed by atoms with Crippen LogP contribution in [0.4, 0.5) is 4.79 Å². The number of rotatable bonds is 9. The topological polar surface area (TPSA) is 84.1 Å². The van der Waals surface area contributed by atoms with E-state index in [9.17, 15) is 9.59 Å². The smallest absolute Gasteiger partial charge is 0.409 e. The average molecular weight is 453 g/mol. The number of hydrogen-bond donors (Lipinski definition) is 0. The van der Waals surface area contributed by atoms with Gasteiger partial charge in [0.25, 0.3) is 0 Å². The minimum atomic E-state index is -0.399. The van der Waals surface area contributed by atoms with Gasteiger partial charge < -0.3 is 28.7 Å². The third-order valence-electron chi connectivity index (χ3n) is 7.30.